The fourth-order valence-corrected chi connectivity index (χ4v) is 1.35. The fourth-order valence-electron chi connectivity index (χ4n) is 1.35. The third-order valence-electron chi connectivity index (χ3n) is 2.14. The molecule has 0 bridgehead atoms. The summed E-state index contributed by atoms with van der Waals surface area (Å²) in [5.41, 5.74) is 0.263. The second kappa shape index (κ2) is 3.62. The van der Waals surface area contributed by atoms with E-state index in [0.29, 0.717) is 5.69 Å². The van der Waals surface area contributed by atoms with Gasteiger partial charge in [0.05, 0.1) is 12.2 Å². The van der Waals surface area contributed by atoms with Crippen molar-refractivity contribution in [1.82, 2.24) is 9.78 Å². The van der Waals surface area contributed by atoms with Crippen LogP contribution in [-0.2, 0) is 6.61 Å². The molecule has 0 fully saturated rings. The molecule has 2 aromatic rings. The average molecular weight is 206 g/mol. The van der Waals surface area contributed by atoms with E-state index >= 15 is 0 Å². The van der Waals surface area contributed by atoms with Gasteiger partial charge >= 0.3 is 0 Å². The molecule has 2 rings (SSSR count). The van der Waals surface area contributed by atoms with Gasteiger partial charge in [-0.1, -0.05) is 12.1 Å². The Morgan fingerprint density at radius 2 is 2.07 bits per heavy atom. The maximum absolute atomic E-state index is 11.6. The molecule has 1 aromatic heterocycles. The number of nitrogens with one attached hydrogen (secondary N) is 1. The van der Waals surface area contributed by atoms with Crippen molar-refractivity contribution in [3.63, 3.8) is 0 Å². The third kappa shape index (κ3) is 1.53. The fraction of sp³-hybridized carbons (Fsp3) is 0.100. The van der Waals surface area contributed by atoms with Crippen molar-refractivity contribution < 1.29 is 10.2 Å². The standard InChI is InChI=1S/C10H10N2O3/c13-6-7-5-11-12(10(7)15)8-3-1-2-4-9(8)14/h1-5,11,13-14H,6H2. The monoisotopic (exact) mass is 206 g/mol. The number of nitrogens with zero attached hydrogens (tertiary/aromatic N) is 1. The van der Waals surface area contributed by atoms with Crippen LogP contribution in [0.1, 0.15) is 5.56 Å². The van der Waals surface area contributed by atoms with Gasteiger partial charge in [0.1, 0.15) is 11.4 Å². The van der Waals surface area contributed by atoms with E-state index in [1.54, 1.807) is 18.2 Å². The zero-order chi connectivity index (χ0) is 10.8. The van der Waals surface area contributed by atoms with Crippen molar-refractivity contribution in [1.29, 1.82) is 0 Å². The van der Waals surface area contributed by atoms with Crippen molar-refractivity contribution in [3.8, 4) is 11.4 Å². The number of aliphatic hydroxyl groups is 1. The lowest BCUT2D eigenvalue weighted by atomic mass is 10.3. The highest BCUT2D eigenvalue weighted by molar-refractivity contribution is 5.44. The van der Waals surface area contributed by atoms with E-state index in [1.807, 2.05) is 0 Å². The molecule has 0 aliphatic carbocycles. The maximum Gasteiger partial charge on any atom is 0.276 e. The Morgan fingerprint density at radius 3 is 2.67 bits per heavy atom. The van der Waals surface area contributed by atoms with E-state index < -0.39 is 0 Å². The number of hydrogen-bond donors (Lipinski definition) is 3. The molecule has 1 aromatic carbocycles. The van der Waals surface area contributed by atoms with Gasteiger partial charge in [0.25, 0.3) is 5.56 Å². The Bertz CT molecular complexity index is 527. The van der Waals surface area contributed by atoms with Crippen LogP contribution in [0.2, 0.25) is 0 Å². The molecule has 0 radical (unpaired) electrons. The molecule has 0 amide bonds. The van der Waals surface area contributed by atoms with E-state index in [4.69, 9.17) is 5.11 Å². The Morgan fingerprint density at radius 1 is 1.33 bits per heavy atom. The summed E-state index contributed by atoms with van der Waals surface area (Å²) in [5, 5.41) is 21.0. The number of rotatable bonds is 2. The lowest BCUT2D eigenvalue weighted by Crippen LogP contribution is -2.17. The highest BCUT2D eigenvalue weighted by Gasteiger charge is 2.09. The molecule has 15 heavy (non-hydrogen) atoms. The van der Waals surface area contributed by atoms with E-state index in [1.165, 1.54) is 16.9 Å². The summed E-state index contributed by atoms with van der Waals surface area (Å²) in [7, 11) is 0. The van der Waals surface area contributed by atoms with Gasteiger partial charge in [-0.25, -0.2) is 4.68 Å². The topological polar surface area (TPSA) is 78.2 Å². The van der Waals surface area contributed by atoms with Crippen molar-refractivity contribution >= 4 is 0 Å². The maximum atomic E-state index is 11.6. The first-order valence-corrected chi connectivity index (χ1v) is 4.42. The Kier molecular flexibility index (Phi) is 2.31. The molecule has 0 unspecified atom stereocenters. The summed E-state index contributed by atoms with van der Waals surface area (Å²) in [5.74, 6) is 0.00550. The van der Waals surface area contributed by atoms with Crippen LogP contribution < -0.4 is 5.56 Å². The molecular formula is C10H10N2O3. The minimum Gasteiger partial charge on any atom is -0.506 e. The number of para-hydroxylation sites is 2. The first kappa shape index (κ1) is 9.54. The van der Waals surface area contributed by atoms with Crippen LogP contribution in [0.25, 0.3) is 5.69 Å². The van der Waals surface area contributed by atoms with Crippen LogP contribution in [0, 0.1) is 0 Å². The summed E-state index contributed by atoms with van der Waals surface area (Å²) < 4.78 is 1.18. The van der Waals surface area contributed by atoms with E-state index in [2.05, 4.69) is 5.10 Å². The molecule has 0 aliphatic rings. The van der Waals surface area contributed by atoms with Gasteiger partial charge < -0.3 is 10.2 Å². The second-order valence-electron chi connectivity index (χ2n) is 3.09. The predicted molar refractivity (Wildman–Crippen MR) is 54.0 cm³/mol. The lowest BCUT2D eigenvalue weighted by molar-refractivity contribution is 0.280. The molecule has 78 valence electrons. The van der Waals surface area contributed by atoms with Gasteiger partial charge in [-0.15, -0.1) is 0 Å². The zero-order valence-corrected chi connectivity index (χ0v) is 7.84. The van der Waals surface area contributed by atoms with E-state index in [0.717, 1.165) is 0 Å². The van der Waals surface area contributed by atoms with Gasteiger partial charge in [0.2, 0.25) is 0 Å². The summed E-state index contributed by atoms with van der Waals surface area (Å²) in [6.07, 6.45) is 1.41. The lowest BCUT2D eigenvalue weighted by Gasteiger charge is -2.02. The molecule has 5 nitrogen and oxygen atoms in total. The minimum atomic E-state index is -0.362. The first-order chi connectivity index (χ1) is 7.24. The van der Waals surface area contributed by atoms with Crippen molar-refractivity contribution in [2.24, 2.45) is 0 Å². The van der Waals surface area contributed by atoms with Crippen molar-refractivity contribution in [2.45, 2.75) is 6.61 Å². The quantitative estimate of drug-likeness (QED) is 0.664. The number of aromatic nitrogens is 2. The summed E-state index contributed by atoms with van der Waals surface area (Å²) in [6, 6.07) is 6.47. The Balaban J connectivity index is 2.60. The smallest absolute Gasteiger partial charge is 0.276 e. The number of aromatic amines is 1. The minimum absolute atomic E-state index is 0.00550. The van der Waals surface area contributed by atoms with Gasteiger partial charge in [-0.05, 0) is 12.1 Å². The number of benzene rings is 1. The highest BCUT2D eigenvalue weighted by atomic mass is 16.3. The molecular weight excluding hydrogens is 196 g/mol. The average Bonchev–Trinajstić information content (AvgIpc) is 2.60. The Labute approximate surface area is 85.2 Å². The van der Waals surface area contributed by atoms with Crippen LogP contribution in [0.3, 0.4) is 0 Å². The molecule has 0 atom stereocenters. The third-order valence-corrected chi connectivity index (χ3v) is 2.14. The van der Waals surface area contributed by atoms with Crippen LogP contribution in [0.5, 0.6) is 5.75 Å². The molecule has 5 heteroatoms. The van der Waals surface area contributed by atoms with Crippen LogP contribution in [0.15, 0.2) is 35.3 Å². The SMILES string of the molecule is O=c1c(CO)c[nH]n1-c1ccccc1O. The largest absolute Gasteiger partial charge is 0.506 e. The van der Waals surface area contributed by atoms with Crippen LogP contribution in [-0.4, -0.2) is 20.0 Å². The number of hydrogen-bond acceptors (Lipinski definition) is 3. The Hall–Kier alpha value is -2.01. The van der Waals surface area contributed by atoms with Crippen LogP contribution in [0.4, 0.5) is 0 Å². The summed E-state index contributed by atoms with van der Waals surface area (Å²) >= 11 is 0. The number of H-pyrrole nitrogens is 1. The van der Waals surface area contributed by atoms with Gasteiger partial charge in [-0.2, -0.15) is 0 Å². The van der Waals surface area contributed by atoms with E-state index in [9.17, 15) is 9.90 Å². The second-order valence-corrected chi connectivity index (χ2v) is 3.09. The summed E-state index contributed by atoms with van der Waals surface area (Å²) in [4.78, 5) is 11.6. The van der Waals surface area contributed by atoms with E-state index in [-0.39, 0.29) is 23.5 Å². The first-order valence-electron chi connectivity index (χ1n) is 4.42. The summed E-state index contributed by atoms with van der Waals surface area (Å²) in [6.45, 7) is -0.323. The molecule has 0 spiro atoms. The molecule has 0 saturated heterocycles. The number of phenols is 1. The molecule has 3 N–H and O–H groups in total. The molecule has 0 saturated carbocycles. The molecule has 1 heterocycles. The predicted octanol–water partition coefficient (Wildman–Crippen LogP) is 0.364. The van der Waals surface area contributed by atoms with Gasteiger partial charge in [0.15, 0.2) is 0 Å². The van der Waals surface area contributed by atoms with Crippen molar-refractivity contribution in [2.75, 3.05) is 0 Å². The van der Waals surface area contributed by atoms with Crippen molar-refractivity contribution in [3.05, 3.63) is 46.4 Å². The van der Waals surface area contributed by atoms with Crippen LogP contribution >= 0.6 is 0 Å². The van der Waals surface area contributed by atoms with Gasteiger partial charge in [0, 0.05) is 6.20 Å². The number of aromatic hydroxyl groups is 1. The number of phenolic OH excluding ortho intramolecular Hbond substituents is 1. The van der Waals surface area contributed by atoms with Gasteiger partial charge in [-0.3, -0.25) is 9.89 Å². The zero-order valence-electron chi connectivity index (χ0n) is 7.84. The number of aliphatic hydroxyl groups excluding tert-OH is 1. The highest BCUT2D eigenvalue weighted by Crippen LogP contribution is 2.18. The molecule has 0 aliphatic heterocycles. The normalized spacial score (nSPS) is 10.5.